The second-order valence-electron chi connectivity index (χ2n) is 7.85. The number of hydrogen-bond acceptors (Lipinski definition) is 6. The van der Waals surface area contributed by atoms with E-state index in [1.54, 1.807) is 24.3 Å². The Morgan fingerprint density at radius 3 is 2.48 bits per heavy atom. The first-order chi connectivity index (χ1) is 12.7. The molecule has 0 amide bonds. The highest BCUT2D eigenvalue weighted by Crippen LogP contribution is 2.45. The van der Waals surface area contributed by atoms with Gasteiger partial charge in [0.25, 0.3) is 0 Å². The molecule has 2 aliphatic rings. The van der Waals surface area contributed by atoms with E-state index in [9.17, 15) is 8.42 Å². The normalized spacial score (nSPS) is 31.4. The van der Waals surface area contributed by atoms with Gasteiger partial charge in [0, 0.05) is 4.47 Å². The van der Waals surface area contributed by atoms with E-state index in [1.165, 1.54) is 0 Å². The van der Waals surface area contributed by atoms with Crippen molar-refractivity contribution >= 4 is 25.8 Å². The lowest BCUT2D eigenvalue weighted by Crippen LogP contribution is -2.49. The van der Waals surface area contributed by atoms with Crippen LogP contribution in [0.15, 0.2) is 33.6 Å². The van der Waals surface area contributed by atoms with Crippen LogP contribution in [0.3, 0.4) is 0 Å². The van der Waals surface area contributed by atoms with Gasteiger partial charge in [-0.15, -0.1) is 0 Å². The van der Waals surface area contributed by atoms with Crippen LogP contribution in [-0.2, 0) is 28.8 Å². The minimum absolute atomic E-state index is 0.0260. The lowest BCUT2D eigenvalue weighted by molar-refractivity contribution is -0.158. The van der Waals surface area contributed by atoms with E-state index < -0.39 is 33.1 Å². The molecule has 2 fully saturated rings. The van der Waals surface area contributed by atoms with Crippen LogP contribution in [0.4, 0.5) is 0 Å². The molecule has 1 unspecified atom stereocenters. The third-order valence-electron chi connectivity index (χ3n) is 4.75. The van der Waals surface area contributed by atoms with Gasteiger partial charge in [-0.1, -0.05) is 29.8 Å². The van der Waals surface area contributed by atoms with E-state index >= 15 is 0 Å². The Bertz CT molecular complexity index is 748. The van der Waals surface area contributed by atoms with E-state index in [0.717, 1.165) is 4.47 Å². The third-order valence-corrected chi connectivity index (χ3v) is 7.18. The Morgan fingerprint density at radius 2 is 1.89 bits per heavy atom. The van der Waals surface area contributed by atoms with Crippen molar-refractivity contribution < 1.29 is 27.4 Å². The second-order valence-corrected chi connectivity index (χ2v) is 10.8. The van der Waals surface area contributed by atoms with Crippen LogP contribution >= 0.6 is 15.9 Å². The van der Waals surface area contributed by atoms with Crippen LogP contribution in [0, 0.1) is 5.92 Å². The highest BCUT2D eigenvalue weighted by Gasteiger charge is 2.62. The molecule has 8 heteroatoms. The summed E-state index contributed by atoms with van der Waals surface area (Å²) < 4.78 is 51.3. The zero-order valence-corrected chi connectivity index (χ0v) is 18.5. The van der Waals surface area contributed by atoms with Crippen molar-refractivity contribution in [1.82, 2.24) is 0 Å². The molecule has 2 bridgehead atoms. The van der Waals surface area contributed by atoms with Crippen molar-refractivity contribution in [3.63, 3.8) is 0 Å². The van der Waals surface area contributed by atoms with Gasteiger partial charge in [0.05, 0.1) is 17.6 Å². The molecule has 0 aromatic heterocycles. The molecule has 2 aliphatic heterocycles. The fraction of sp³-hybridized carbons (Fsp3) is 0.684. The molecule has 27 heavy (non-hydrogen) atoms. The largest absolute Gasteiger partial charge is 0.370 e. The number of benzene rings is 1. The van der Waals surface area contributed by atoms with Crippen molar-refractivity contribution in [1.29, 1.82) is 0 Å². The molecule has 0 aliphatic carbocycles. The molecule has 0 spiro atoms. The molecule has 0 saturated carbocycles. The number of hydrogen-bond donors (Lipinski definition) is 0. The van der Waals surface area contributed by atoms with Gasteiger partial charge in [0.15, 0.2) is 5.44 Å². The number of sulfone groups is 1. The highest BCUT2D eigenvalue weighted by atomic mass is 79.9. The molecule has 0 N–H and O–H groups in total. The first-order valence-corrected chi connectivity index (χ1v) is 11.5. The summed E-state index contributed by atoms with van der Waals surface area (Å²) in [4.78, 5) is 0.203. The monoisotopic (exact) mass is 462 g/mol. The lowest BCUT2D eigenvalue weighted by atomic mass is 9.87. The summed E-state index contributed by atoms with van der Waals surface area (Å²) in [6, 6.07) is 6.55. The van der Waals surface area contributed by atoms with Gasteiger partial charge in [0.2, 0.25) is 9.84 Å². The van der Waals surface area contributed by atoms with Gasteiger partial charge in [-0.05, 0) is 50.5 Å². The molecule has 1 aromatic carbocycles. The molecule has 4 atom stereocenters. The Balaban J connectivity index is 2.02. The second kappa shape index (κ2) is 8.08. The van der Waals surface area contributed by atoms with Crippen LogP contribution in [-0.4, -0.2) is 51.2 Å². The number of fused-ring (bicyclic) bond motifs is 2. The fourth-order valence-electron chi connectivity index (χ4n) is 3.84. The summed E-state index contributed by atoms with van der Waals surface area (Å²) in [7, 11) is -3.77. The van der Waals surface area contributed by atoms with Gasteiger partial charge < -0.3 is 18.9 Å². The summed E-state index contributed by atoms with van der Waals surface area (Å²) in [5.41, 5.74) is -1.99. The Hall–Kier alpha value is -0.510. The first kappa shape index (κ1) is 21.2. The summed E-state index contributed by atoms with van der Waals surface area (Å²) in [6.45, 7) is 8.26. The van der Waals surface area contributed by atoms with E-state index in [4.69, 9.17) is 18.9 Å². The first-order valence-electron chi connectivity index (χ1n) is 9.18. The van der Waals surface area contributed by atoms with Crippen LogP contribution in [0.1, 0.15) is 34.1 Å². The number of halogens is 1. The van der Waals surface area contributed by atoms with Gasteiger partial charge in [-0.2, -0.15) is 0 Å². The minimum Gasteiger partial charge on any atom is -0.370 e. The van der Waals surface area contributed by atoms with E-state index in [1.807, 2.05) is 13.8 Å². The molecule has 6 nitrogen and oxygen atoms in total. The summed E-state index contributed by atoms with van der Waals surface area (Å²) in [6.07, 6.45) is -0.736. The Kier molecular flexibility index (Phi) is 6.35. The van der Waals surface area contributed by atoms with E-state index in [-0.39, 0.29) is 30.3 Å². The molecule has 152 valence electrons. The summed E-state index contributed by atoms with van der Waals surface area (Å²) in [5.74, 6) is 0.278. The topological polar surface area (TPSA) is 71.1 Å². The van der Waals surface area contributed by atoms with Crippen LogP contribution in [0.25, 0.3) is 0 Å². The molecule has 3 rings (SSSR count). The number of rotatable bonds is 6. The van der Waals surface area contributed by atoms with Gasteiger partial charge in [-0.3, -0.25) is 0 Å². The van der Waals surface area contributed by atoms with Gasteiger partial charge >= 0.3 is 0 Å². The molecular formula is C19H27BrO6S. The molecular weight excluding hydrogens is 436 g/mol. The summed E-state index contributed by atoms with van der Waals surface area (Å²) in [5, 5.41) is 0. The zero-order chi connectivity index (χ0) is 19.8. The van der Waals surface area contributed by atoms with Crippen LogP contribution in [0.2, 0.25) is 0 Å². The maximum Gasteiger partial charge on any atom is 0.207 e. The Morgan fingerprint density at radius 1 is 1.22 bits per heavy atom. The van der Waals surface area contributed by atoms with Crippen LogP contribution < -0.4 is 0 Å². The zero-order valence-electron chi connectivity index (χ0n) is 16.1. The van der Waals surface area contributed by atoms with Crippen LogP contribution in [0.5, 0.6) is 0 Å². The van der Waals surface area contributed by atoms with Crippen molar-refractivity contribution in [3.05, 3.63) is 28.7 Å². The van der Waals surface area contributed by atoms with Gasteiger partial charge in [0.1, 0.15) is 24.6 Å². The average Bonchev–Trinajstić information content (AvgIpc) is 2.73. The summed E-state index contributed by atoms with van der Waals surface area (Å²) >= 11 is 3.34. The smallest absolute Gasteiger partial charge is 0.207 e. The van der Waals surface area contributed by atoms with E-state index in [2.05, 4.69) is 29.8 Å². The molecule has 1 aromatic rings. The highest BCUT2D eigenvalue weighted by molar-refractivity contribution is 9.10. The minimum atomic E-state index is -3.77. The van der Waals surface area contributed by atoms with Crippen molar-refractivity contribution in [2.24, 2.45) is 5.92 Å². The van der Waals surface area contributed by atoms with Crippen molar-refractivity contribution in [3.8, 4) is 0 Å². The lowest BCUT2D eigenvalue weighted by Gasteiger charge is -2.35. The maximum absolute atomic E-state index is 13.3. The number of ether oxygens (including phenoxy) is 4. The predicted molar refractivity (Wildman–Crippen MR) is 104 cm³/mol. The molecule has 2 saturated heterocycles. The maximum atomic E-state index is 13.3. The quantitative estimate of drug-likeness (QED) is 0.643. The SMILES string of the molecule is CC(C)C[C@]12COCO[C@@H](C1OC(C)C)[C@H](S(=O)(=O)c1ccc(Br)cc1)O2. The predicted octanol–water partition coefficient (Wildman–Crippen LogP) is 3.53. The average molecular weight is 463 g/mol. The fourth-order valence-corrected chi connectivity index (χ4v) is 5.78. The van der Waals surface area contributed by atoms with Crippen molar-refractivity contribution in [2.75, 3.05) is 13.4 Å². The van der Waals surface area contributed by atoms with Crippen molar-refractivity contribution in [2.45, 2.75) is 68.4 Å². The molecule has 2 heterocycles. The third kappa shape index (κ3) is 4.26. The van der Waals surface area contributed by atoms with E-state index in [0.29, 0.717) is 6.42 Å². The van der Waals surface area contributed by atoms with Gasteiger partial charge in [-0.25, -0.2) is 8.42 Å². The molecule has 0 radical (unpaired) electrons. The standard InChI is InChI=1S/C19H27BrO6S/c1-12(2)9-19-10-23-11-24-16(17(19)25-13(3)4)18(26-19)27(21,22)15-7-5-14(20)6-8-15/h5-8,12-13,16-18H,9-11H2,1-4H3/t16-,17?,18-,19-/m0/s1. The Labute approximate surface area is 169 Å².